The first-order valence-electron chi connectivity index (χ1n) is 7.75. The van der Waals surface area contributed by atoms with E-state index in [-0.39, 0.29) is 32.6 Å². The average molecular weight is 430 g/mol. The fraction of sp³-hybridized carbons (Fsp3) is 0.105. The van der Waals surface area contributed by atoms with Crippen molar-refractivity contribution in [3.05, 3.63) is 69.8 Å². The summed E-state index contributed by atoms with van der Waals surface area (Å²) in [5.74, 6) is -1.30. The van der Waals surface area contributed by atoms with Gasteiger partial charge in [0.05, 0.1) is 26.8 Å². The molecule has 146 valence electrons. The third-order valence-corrected chi connectivity index (χ3v) is 4.82. The summed E-state index contributed by atoms with van der Waals surface area (Å²) in [5.41, 5.74) is 0.589. The second-order valence-corrected chi connectivity index (χ2v) is 6.70. The molecule has 28 heavy (non-hydrogen) atoms. The predicted molar refractivity (Wildman–Crippen MR) is 101 cm³/mol. The van der Waals surface area contributed by atoms with Crippen LogP contribution in [0.5, 0.6) is 5.75 Å². The summed E-state index contributed by atoms with van der Waals surface area (Å²) in [4.78, 5) is 13.1. The van der Waals surface area contributed by atoms with E-state index in [1.807, 2.05) is 0 Å². The number of benzene rings is 2. The Morgan fingerprint density at radius 1 is 1.18 bits per heavy atom. The summed E-state index contributed by atoms with van der Waals surface area (Å²) in [7, 11) is 1.52. The van der Waals surface area contributed by atoms with Crippen LogP contribution in [-0.4, -0.2) is 21.8 Å². The number of aliphatic hydroxyl groups excluding tert-OH is 1. The molecule has 1 N–H and O–H groups in total. The molecule has 0 saturated carbocycles. The van der Waals surface area contributed by atoms with Crippen molar-refractivity contribution in [1.29, 1.82) is 0 Å². The van der Waals surface area contributed by atoms with Gasteiger partial charge in [0, 0.05) is 24.1 Å². The number of ketones is 1. The second-order valence-electron chi connectivity index (χ2n) is 5.92. The van der Waals surface area contributed by atoms with Crippen LogP contribution in [0.3, 0.4) is 0 Å². The molecule has 0 aliphatic heterocycles. The van der Waals surface area contributed by atoms with Crippen molar-refractivity contribution in [2.75, 3.05) is 0 Å². The number of aromatic nitrogens is 1. The van der Waals surface area contributed by atoms with Crippen molar-refractivity contribution >= 4 is 45.6 Å². The lowest BCUT2D eigenvalue weighted by atomic mass is 10.0. The number of carbonyl (C=O) groups excluding carboxylic acids is 1. The van der Waals surface area contributed by atoms with E-state index in [0.717, 1.165) is 6.07 Å². The molecule has 2 aromatic carbocycles. The highest BCUT2D eigenvalue weighted by atomic mass is 35.5. The summed E-state index contributed by atoms with van der Waals surface area (Å²) in [6.45, 7) is 3.39. The number of ether oxygens (including phenoxy) is 1. The predicted octanol–water partition coefficient (Wildman–Crippen LogP) is 6.14. The number of hydrogen-bond donors (Lipinski definition) is 1. The van der Waals surface area contributed by atoms with Gasteiger partial charge in [-0.15, -0.1) is 13.2 Å². The normalized spacial score (nSPS) is 11.6. The Balaban J connectivity index is 2.12. The van der Waals surface area contributed by atoms with E-state index in [1.54, 1.807) is 0 Å². The Morgan fingerprint density at radius 3 is 2.46 bits per heavy atom. The van der Waals surface area contributed by atoms with Crippen LogP contribution < -0.4 is 4.74 Å². The van der Waals surface area contributed by atoms with Crippen molar-refractivity contribution in [3.63, 3.8) is 0 Å². The lowest BCUT2D eigenvalue weighted by Crippen LogP contribution is -2.17. The smallest absolute Gasteiger partial charge is 0.508 e. The Kier molecular flexibility index (Phi) is 5.08. The molecule has 1 heterocycles. The van der Waals surface area contributed by atoms with E-state index >= 15 is 0 Å². The molecular weight excluding hydrogens is 418 g/mol. The Hall–Kier alpha value is -2.64. The molecule has 0 aliphatic carbocycles. The standard InChI is InChI=1S/C19H12Cl2F3NO3/c1-9(26)12-5-6-13(20)16(17(12)21)18(27)15-7-10-3-4-11(28-19(22,23)24)8-14(10)25(15)2/h3-8,26H,1H2,2H3. The van der Waals surface area contributed by atoms with E-state index < -0.39 is 17.9 Å². The van der Waals surface area contributed by atoms with Crippen LogP contribution in [0.2, 0.25) is 10.0 Å². The number of hydrogen-bond acceptors (Lipinski definition) is 3. The number of fused-ring (bicyclic) bond motifs is 1. The van der Waals surface area contributed by atoms with Gasteiger partial charge in [0.1, 0.15) is 11.5 Å². The lowest BCUT2D eigenvalue weighted by Gasteiger charge is -2.11. The quantitative estimate of drug-likeness (QED) is 0.400. The number of rotatable bonds is 4. The van der Waals surface area contributed by atoms with Crippen LogP contribution in [-0.2, 0) is 7.05 Å². The maximum atomic E-state index is 13.1. The molecule has 0 fully saturated rings. The SMILES string of the molecule is C=C(O)c1ccc(Cl)c(C(=O)c2cc3ccc(OC(F)(F)F)cc3n2C)c1Cl. The molecule has 3 rings (SSSR count). The zero-order chi connectivity index (χ0) is 20.8. The van der Waals surface area contributed by atoms with Crippen LogP contribution in [0.1, 0.15) is 21.6 Å². The molecule has 0 aliphatic rings. The van der Waals surface area contributed by atoms with Crippen LogP contribution >= 0.6 is 23.2 Å². The summed E-state index contributed by atoms with van der Waals surface area (Å²) in [6, 6.07) is 8.06. The van der Waals surface area contributed by atoms with E-state index in [1.165, 1.54) is 41.9 Å². The summed E-state index contributed by atoms with van der Waals surface area (Å²) >= 11 is 12.4. The van der Waals surface area contributed by atoms with Gasteiger partial charge in [-0.2, -0.15) is 0 Å². The third kappa shape index (κ3) is 3.68. The first-order chi connectivity index (χ1) is 13.0. The summed E-state index contributed by atoms with van der Waals surface area (Å²) in [5, 5.41) is 10.1. The van der Waals surface area contributed by atoms with E-state index in [4.69, 9.17) is 23.2 Å². The Labute approximate surface area is 167 Å². The molecule has 9 heteroatoms. The van der Waals surface area contributed by atoms with Gasteiger partial charge in [-0.05, 0) is 30.3 Å². The zero-order valence-corrected chi connectivity index (χ0v) is 15.8. The minimum absolute atomic E-state index is 0.0475. The maximum absolute atomic E-state index is 13.1. The molecule has 0 saturated heterocycles. The topological polar surface area (TPSA) is 51.5 Å². The van der Waals surface area contributed by atoms with E-state index in [0.29, 0.717) is 10.9 Å². The van der Waals surface area contributed by atoms with Crippen LogP contribution in [0.25, 0.3) is 16.7 Å². The van der Waals surface area contributed by atoms with Crippen molar-refractivity contribution in [2.45, 2.75) is 6.36 Å². The Morgan fingerprint density at radius 2 is 1.86 bits per heavy atom. The van der Waals surface area contributed by atoms with E-state index in [9.17, 15) is 23.1 Å². The fourth-order valence-corrected chi connectivity index (χ4v) is 3.49. The minimum Gasteiger partial charge on any atom is -0.508 e. The number of halogens is 5. The highest BCUT2D eigenvalue weighted by Crippen LogP contribution is 2.34. The maximum Gasteiger partial charge on any atom is 0.573 e. The first kappa shape index (κ1) is 20.1. The van der Waals surface area contributed by atoms with Gasteiger partial charge >= 0.3 is 6.36 Å². The van der Waals surface area contributed by atoms with E-state index in [2.05, 4.69) is 11.3 Å². The number of aryl methyl sites for hydroxylation is 1. The van der Waals surface area contributed by atoms with Crippen LogP contribution in [0, 0.1) is 0 Å². The molecule has 0 unspecified atom stereocenters. The molecule has 4 nitrogen and oxygen atoms in total. The van der Waals surface area contributed by atoms with Gasteiger partial charge in [-0.25, -0.2) is 0 Å². The highest BCUT2D eigenvalue weighted by molar-refractivity contribution is 6.42. The van der Waals surface area contributed by atoms with Crippen molar-refractivity contribution < 1.29 is 27.8 Å². The zero-order valence-electron chi connectivity index (χ0n) is 14.3. The first-order valence-corrected chi connectivity index (χ1v) is 8.51. The van der Waals surface area contributed by atoms with Gasteiger partial charge in [-0.1, -0.05) is 29.8 Å². The largest absolute Gasteiger partial charge is 0.573 e. The molecule has 0 radical (unpaired) electrons. The number of aliphatic hydroxyl groups is 1. The van der Waals surface area contributed by atoms with Gasteiger partial charge < -0.3 is 14.4 Å². The van der Waals surface area contributed by atoms with Crippen molar-refractivity contribution in [3.8, 4) is 5.75 Å². The number of carbonyl (C=O) groups is 1. The van der Waals surface area contributed by atoms with Crippen LogP contribution in [0.15, 0.2) is 43.0 Å². The molecule has 0 amide bonds. The molecule has 0 atom stereocenters. The minimum atomic E-state index is -4.83. The number of nitrogens with zero attached hydrogens (tertiary/aromatic N) is 1. The van der Waals surface area contributed by atoms with Crippen molar-refractivity contribution in [2.24, 2.45) is 7.05 Å². The monoisotopic (exact) mass is 429 g/mol. The van der Waals surface area contributed by atoms with Gasteiger partial charge in [0.2, 0.25) is 5.78 Å². The summed E-state index contributed by atoms with van der Waals surface area (Å²) in [6.07, 6.45) is -4.83. The molecular formula is C19H12Cl2F3NO3. The highest BCUT2D eigenvalue weighted by Gasteiger charge is 2.31. The van der Waals surface area contributed by atoms with Crippen LogP contribution in [0.4, 0.5) is 13.2 Å². The average Bonchev–Trinajstić information content (AvgIpc) is 2.89. The fourth-order valence-electron chi connectivity index (χ4n) is 2.84. The molecule has 1 aromatic heterocycles. The lowest BCUT2D eigenvalue weighted by molar-refractivity contribution is -0.274. The summed E-state index contributed by atoms with van der Waals surface area (Å²) < 4.78 is 42.7. The molecule has 3 aromatic rings. The third-order valence-electron chi connectivity index (χ3n) is 4.11. The van der Waals surface area contributed by atoms with Gasteiger partial charge in [-0.3, -0.25) is 4.79 Å². The molecule has 0 spiro atoms. The van der Waals surface area contributed by atoms with Gasteiger partial charge in [0.25, 0.3) is 0 Å². The molecule has 0 bridgehead atoms. The van der Waals surface area contributed by atoms with Gasteiger partial charge in [0.15, 0.2) is 0 Å². The number of alkyl halides is 3. The Bertz CT molecular complexity index is 1120. The second kappa shape index (κ2) is 7.07. The van der Waals surface area contributed by atoms with Crippen molar-refractivity contribution in [1.82, 2.24) is 4.57 Å².